The first-order chi connectivity index (χ1) is 24.7. The van der Waals surface area contributed by atoms with Crippen molar-refractivity contribution in [3.05, 3.63) is 172 Å². The van der Waals surface area contributed by atoms with Gasteiger partial charge in [0.05, 0.1) is 31.5 Å². The molecular formula is C46H52O4. The molecule has 2 aliphatic rings. The molecule has 0 aromatic heterocycles. The van der Waals surface area contributed by atoms with Crippen molar-refractivity contribution in [1.29, 1.82) is 0 Å². The Labute approximate surface area is 299 Å². The van der Waals surface area contributed by atoms with Crippen LogP contribution in [-0.4, -0.2) is 18.8 Å². The number of rotatable bonds is 16. The second kappa shape index (κ2) is 19.2. The van der Waals surface area contributed by atoms with E-state index in [1.54, 1.807) is 0 Å². The van der Waals surface area contributed by atoms with Crippen LogP contribution >= 0.6 is 0 Å². The summed E-state index contributed by atoms with van der Waals surface area (Å²) in [6.45, 7) is 4.59. The fourth-order valence-electron chi connectivity index (χ4n) is 6.81. The van der Waals surface area contributed by atoms with Crippen LogP contribution in [-0.2, 0) is 40.5 Å². The van der Waals surface area contributed by atoms with E-state index in [4.69, 9.17) is 18.9 Å². The second-order valence-electron chi connectivity index (χ2n) is 13.5. The molecule has 0 radical (unpaired) electrons. The van der Waals surface area contributed by atoms with E-state index in [1.807, 2.05) is 18.2 Å². The number of allylic oxidation sites excluding steroid dienone is 6. The molecule has 0 spiro atoms. The largest absolute Gasteiger partial charge is 0.489 e. The summed E-state index contributed by atoms with van der Waals surface area (Å²) in [6.07, 6.45) is 16.9. The fourth-order valence-corrected chi connectivity index (χ4v) is 6.81. The molecule has 1 aliphatic heterocycles. The average molecular weight is 669 g/mol. The smallest absolute Gasteiger partial charge is 0.125 e. The normalized spacial score (nSPS) is 19.5. The van der Waals surface area contributed by atoms with Crippen LogP contribution in [0.5, 0.6) is 5.75 Å². The van der Waals surface area contributed by atoms with Gasteiger partial charge in [0.25, 0.3) is 0 Å². The highest BCUT2D eigenvalue weighted by Crippen LogP contribution is 2.40. The standard InChI is InChI=1S/C46H52O4/c1-2-36(28-37-16-8-3-4-9-17-37)29-41-24-25-45(49-35-40-22-14-7-15-23-40)44(30-41)46-32-43(48-34-39-20-12-6-13-21-39)31-42(50-46)26-27-47-33-38-18-10-5-11-19-38/h3,5-8,10-16,18-25,28,30,42-43,46H,2,4,9,17,26-27,29,31-35H2,1H3/b36-28+. The molecular weight excluding hydrogens is 617 g/mol. The Morgan fingerprint density at radius 3 is 2.20 bits per heavy atom. The summed E-state index contributed by atoms with van der Waals surface area (Å²) in [6, 6.07) is 37.9. The van der Waals surface area contributed by atoms with Gasteiger partial charge in [0.1, 0.15) is 12.4 Å². The topological polar surface area (TPSA) is 36.9 Å². The predicted molar refractivity (Wildman–Crippen MR) is 203 cm³/mol. The Morgan fingerprint density at radius 1 is 0.780 bits per heavy atom. The van der Waals surface area contributed by atoms with Crippen LogP contribution in [0.25, 0.3) is 0 Å². The molecule has 0 N–H and O–H groups in total. The van der Waals surface area contributed by atoms with Crippen molar-refractivity contribution < 1.29 is 18.9 Å². The van der Waals surface area contributed by atoms with Crippen molar-refractivity contribution in [1.82, 2.24) is 0 Å². The van der Waals surface area contributed by atoms with Crippen LogP contribution in [0, 0.1) is 0 Å². The molecule has 4 heteroatoms. The molecule has 1 heterocycles. The predicted octanol–water partition coefficient (Wildman–Crippen LogP) is 11.2. The third-order valence-electron chi connectivity index (χ3n) is 9.60. The molecule has 6 rings (SSSR count). The number of benzene rings is 4. The van der Waals surface area contributed by atoms with E-state index < -0.39 is 0 Å². The summed E-state index contributed by atoms with van der Waals surface area (Å²) < 4.78 is 26.3. The van der Waals surface area contributed by atoms with E-state index >= 15 is 0 Å². The van der Waals surface area contributed by atoms with Gasteiger partial charge in [-0.1, -0.05) is 134 Å². The van der Waals surface area contributed by atoms with Crippen molar-refractivity contribution in [3.63, 3.8) is 0 Å². The quantitative estimate of drug-likeness (QED) is 0.111. The minimum absolute atomic E-state index is 0.0113. The Morgan fingerprint density at radius 2 is 1.48 bits per heavy atom. The summed E-state index contributed by atoms with van der Waals surface area (Å²) in [5, 5.41) is 0. The first-order valence-electron chi connectivity index (χ1n) is 18.5. The minimum atomic E-state index is -0.155. The summed E-state index contributed by atoms with van der Waals surface area (Å²) >= 11 is 0. The maximum absolute atomic E-state index is 6.95. The highest BCUT2D eigenvalue weighted by molar-refractivity contribution is 5.42. The zero-order valence-corrected chi connectivity index (χ0v) is 29.6. The Balaban J connectivity index is 1.23. The van der Waals surface area contributed by atoms with Gasteiger partial charge in [-0.25, -0.2) is 0 Å². The van der Waals surface area contributed by atoms with Gasteiger partial charge in [0, 0.05) is 25.0 Å². The van der Waals surface area contributed by atoms with Gasteiger partial charge in [-0.05, 0) is 78.5 Å². The molecule has 4 nitrogen and oxygen atoms in total. The van der Waals surface area contributed by atoms with Crippen molar-refractivity contribution in [2.75, 3.05) is 6.61 Å². The summed E-state index contributed by atoms with van der Waals surface area (Å²) in [7, 11) is 0. The lowest BCUT2D eigenvalue weighted by Crippen LogP contribution is -2.34. The van der Waals surface area contributed by atoms with Gasteiger partial charge >= 0.3 is 0 Å². The zero-order valence-electron chi connectivity index (χ0n) is 29.6. The first-order valence-corrected chi connectivity index (χ1v) is 18.5. The van der Waals surface area contributed by atoms with Crippen LogP contribution in [0.4, 0.5) is 0 Å². The van der Waals surface area contributed by atoms with Gasteiger partial charge in [-0.3, -0.25) is 0 Å². The first kappa shape index (κ1) is 35.6. The summed E-state index contributed by atoms with van der Waals surface area (Å²) in [4.78, 5) is 0. The van der Waals surface area contributed by atoms with Crippen molar-refractivity contribution >= 4 is 0 Å². The van der Waals surface area contributed by atoms with Crippen molar-refractivity contribution in [2.24, 2.45) is 0 Å². The van der Waals surface area contributed by atoms with E-state index in [0.717, 1.165) is 61.8 Å². The van der Waals surface area contributed by atoms with Crippen LogP contribution in [0.15, 0.2) is 145 Å². The lowest BCUT2D eigenvalue weighted by Gasteiger charge is -2.36. The van der Waals surface area contributed by atoms with E-state index in [2.05, 4.69) is 122 Å². The molecule has 0 bridgehead atoms. The second-order valence-corrected chi connectivity index (χ2v) is 13.5. The maximum Gasteiger partial charge on any atom is 0.125 e. The molecule has 1 aliphatic carbocycles. The number of hydrogen-bond acceptors (Lipinski definition) is 4. The van der Waals surface area contributed by atoms with Crippen LogP contribution < -0.4 is 4.74 Å². The van der Waals surface area contributed by atoms with Crippen LogP contribution in [0.1, 0.15) is 85.8 Å². The molecule has 3 atom stereocenters. The molecule has 4 aromatic carbocycles. The molecule has 0 saturated carbocycles. The molecule has 1 fully saturated rings. The Hall–Kier alpha value is -4.22. The van der Waals surface area contributed by atoms with Gasteiger partial charge in [-0.15, -0.1) is 0 Å². The molecule has 4 aromatic rings. The van der Waals surface area contributed by atoms with Gasteiger partial charge in [0.15, 0.2) is 0 Å². The van der Waals surface area contributed by atoms with Crippen molar-refractivity contribution in [2.45, 2.75) is 96.4 Å². The van der Waals surface area contributed by atoms with E-state index in [-0.39, 0.29) is 18.3 Å². The van der Waals surface area contributed by atoms with Gasteiger partial charge in [0.2, 0.25) is 0 Å². The van der Waals surface area contributed by atoms with E-state index in [1.165, 1.54) is 34.3 Å². The van der Waals surface area contributed by atoms with Crippen molar-refractivity contribution in [3.8, 4) is 5.75 Å². The highest BCUT2D eigenvalue weighted by atomic mass is 16.5. The Kier molecular flexibility index (Phi) is 13.7. The van der Waals surface area contributed by atoms with Crippen LogP contribution in [0.3, 0.4) is 0 Å². The van der Waals surface area contributed by atoms with E-state index in [0.29, 0.717) is 26.4 Å². The SMILES string of the molecule is CC/C(=C\C1=CC=CCCC1)Cc1ccc(OCc2ccccc2)c(C2CC(OCc3ccccc3)CC(CCOCc3ccccc3)O2)c1. The summed E-state index contributed by atoms with van der Waals surface area (Å²) in [5.41, 5.74) is 8.76. The molecule has 3 unspecified atom stereocenters. The maximum atomic E-state index is 6.95. The number of ether oxygens (including phenoxy) is 4. The zero-order chi connectivity index (χ0) is 34.2. The fraction of sp³-hybridized carbons (Fsp3) is 0.348. The Bertz CT molecular complexity index is 1680. The van der Waals surface area contributed by atoms with Gasteiger partial charge < -0.3 is 18.9 Å². The van der Waals surface area contributed by atoms with E-state index in [9.17, 15) is 0 Å². The highest BCUT2D eigenvalue weighted by Gasteiger charge is 2.33. The minimum Gasteiger partial charge on any atom is -0.489 e. The molecule has 260 valence electrons. The number of hydrogen-bond donors (Lipinski definition) is 0. The molecule has 0 amide bonds. The molecule has 50 heavy (non-hydrogen) atoms. The van der Waals surface area contributed by atoms with Gasteiger partial charge in [-0.2, -0.15) is 0 Å². The third kappa shape index (κ3) is 11.1. The third-order valence-corrected chi connectivity index (χ3v) is 9.60. The monoisotopic (exact) mass is 668 g/mol. The summed E-state index contributed by atoms with van der Waals surface area (Å²) in [5.74, 6) is 0.879. The lowest BCUT2D eigenvalue weighted by atomic mass is 9.91. The lowest BCUT2D eigenvalue weighted by molar-refractivity contribution is -0.128. The van der Waals surface area contributed by atoms with Crippen LogP contribution in [0.2, 0.25) is 0 Å². The average Bonchev–Trinajstić information content (AvgIpc) is 3.45. The molecule has 1 saturated heterocycles.